The first-order valence-electron chi connectivity index (χ1n) is 7.94. The van der Waals surface area contributed by atoms with Gasteiger partial charge in [0.2, 0.25) is 5.91 Å². The van der Waals surface area contributed by atoms with Gasteiger partial charge in [-0.2, -0.15) is 0 Å². The largest absolute Gasteiger partial charge is 0.467 e. The van der Waals surface area contributed by atoms with Crippen molar-refractivity contribution in [3.63, 3.8) is 0 Å². The number of thioether (sulfide) groups is 1. The minimum absolute atomic E-state index is 0.0116. The van der Waals surface area contributed by atoms with Crippen LogP contribution in [0.25, 0.3) is 0 Å². The second kappa shape index (κ2) is 7.79. The van der Waals surface area contributed by atoms with E-state index in [9.17, 15) is 22.0 Å². The number of rotatable bonds is 6. The maximum absolute atomic E-state index is 13.3. The molecule has 0 spiro atoms. The summed E-state index contributed by atoms with van der Waals surface area (Å²) in [5, 5.41) is 0. The summed E-state index contributed by atoms with van der Waals surface area (Å²) in [6.07, 6.45) is 1.87. The van der Waals surface area contributed by atoms with Gasteiger partial charge in [-0.1, -0.05) is 0 Å². The number of hydrogen-bond donors (Lipinski definition) is 0. The summed E-state index contributed by atoms with van der Waals surface area (Å²) in [6.45, 7) is 0.171. The SMILES string of the molecule is O=C(CSc1ccc(F)c(F)c1)N(Cc1ccco1)[C@@H]1CCS(=O)(=O)C1. The lowest BCUT2D eigenvalue weighted by atomic mass is 10.2. The van der Waals surface area contributed by atoms with E-state index in [-0.39, 0.29) is 29.7 Å². The number of nitrogens with zero attached hydrogens (tertiary/aromatic N) is 1. The molecule has 1 aromatic heterocycles. The van der Waals surface area contributed by atoms with Crippen LogP contribution in [0.1, 0.15) is 12.2 Å². The molecule has 0 aliphatic carbocycles. The predicted octanol–water partition coefficient (Wildman–Crippen LogP) is 2.87. The van der Waals surface area contributed by atoms with Gasteiger partial charge in [-0.3, -0.25) is 4.79 Å². The van der Waals surface area contributed by atoms with E-state index in [1.54, 1.807) is 12.1 Å². The zero-order chi connectivity index (χ0) is 18.7. The molecule has 1 amide bonds. The second-order valence-corrected chi connectivity index (χ2v) is 9.30. The Balaban J connectivity index is 1.70. The van der Waals surface area contributed by atoms with Crippen molar-refractivity contribution >= 4 is 27.5 Å². The van der Waals surface area contributed by atoms with Gasteiger partial charge in [0.15, 0.2) is 21.5 Å². The van der Waals surface area contributed by atoms with Crippen LogP contribution in [0.5, 0.6) is 0 Å². The van der Waals surface area contributed by atoms with E-state index >= 15 is 0 Å². The second-order valence-electron chi connectivity index (χ2n) is 6.02. The molecule has 0 unspecified atom stereocenters. The molecular formula is C17H17F2NO4S2. The molecule has 3 rings (SSSR count). The average molecular weight is 401 g/mol. The van der Waals surface area contributed by atoms with Crippen LogP contribution in [0.15, 0.2) is 45.9 Å². The molecule has 2 aromatic rings. The summed E-state index contributed by atoms with van der Waals surface area (Å²) in [4.78, 5) is 14.6. The molecule has 0 N–H and O–H groups in total. The fourth-order valence-corrected chi connectivity index (χ4v) is 5.34. The number of furan rings is 1. The Labute approximate surface area is 154 Å². The highest BCUT2D eigenvalue weighted by Gasteiger charge is 2.35. The molecule has 1 aliphatic heterocycles. The van der Waals surface area contributed by atoms with Crippen LogP contribution in [-0.2, 0) is 21.2 Å². The zero-order valence-electron chi connectivity index (χ0n) is 13.7. The molecule has 1 aromatic carbocycles. The Hall–Kier alpha value is -1.87. The van der Waals surface area contributed by atoms with E-state index in [2.05, 4.69) is 0 Å². The number of carbonyl (C=O) groups is 1. The number of carbonyl (C=O) groups excluding carboxylic acids is 1. The minimum atomic E-state index is -3.15. The standard InChI is InChI=1S/C17H17F2NO4S2/c18-15-4-3-14(8-16(15)19)25-10-17(21)20(9-13-2-1-6-24-13)12-5-7-26(22,23)11-12/h1-4,6,8,12H,5,7,9-11H2/t12-/m1/s1. The highest BCUT2D eigenvalue weighted by molar-refractivity contribution is 8.00. The normalized spacial score (nSPS) is 18.8. The fraction of sp³-hybridized carbons (Fsp3) is 0.353. The van der Waals surface area contributed by atoms with Crippen molar-refractivity contribution in [1.82, 2.24) is 4.90 Å². The Morgan fingerprint density at radius 3 is 2.69 bits per heavy atom. The van der Waals surface area contributed by atoms with Crippen LogP contribution in [0, 0.1) is 11.6 Å². The molecule has 140 valence electrons. The van der Waals surface area contributed by atoms with Crippen molar-refractivity contribution in [2.24, 2.45) is 0 Å². The third-order valence-electron chi connectivity index (χ3n) is 4.13. The van der Waals surface area contributed by atoms with Crippen LogP contribution >= 0.6 is 11.8 Å². The van der Waals surface area contributed by atoms with Crippen LogP contribution in [-0.4, -0.2) is 42.5 Å². The van der Waals surface area contributed by atoms with Gasteiger partial charge in [0.25, 0.3) is 0 Å². The molecule has 1 atom stereocenters. The van der Waals surface area contributed by atoms with Gasteiger partial charge in [0, 0.05) is 10.9 Å². The summed E-state index contributed by atoms with van der Waals surface area (Å²) >= 11 is 1.07. The summed E-state index contributed by atoms with van der Waals surface area (Å²) < 4.78 is 55.1. The van der Waals surface area contributed by atoms with E-state index in [1.807, 2.05) is 0 Å². The van der Waals surface area contributed by atoms with Crippen LogP contribution in [0.4, 0.5) is 8.78 Å². The molecule has 2 heterocycles. The number of benzene rings is 1. The van der Waals surface area contributed by atoms with Crippen molar-refractivity contribution in [2.75, 3.05) is 17.3 Å². The fourth-order valence-electron chi connectivity index (χ4n) is 2.81. The van der Waals surface area contributed by atoms with Crippen LogP contribution in [0.2, 0.25) is 0 Å². The van der Waals surface area contributed by atoms with Gasteiger partial charge < -0.3 is 9.32 Å². The van der Waals surface area contributed by atoms with Crippen LogP contribution in [0.3, 0.4) is 0 Å². The lowest BCUT2D eigenvalue weighted by Gasteiger charge is -2.27. The maximum atomic E-state index is 13.3. The molecule has 0 radical (unpaired) electrons. The lowest BCUT2D eigenvalue weighted by Crippen LogP contribution is -2.41. The highest BCUT2D eigenvalue weighted by Crippen LogP contribution is 2.24. The first-order chi connectivity index (χ1) is 12.3. The molecule has 0 saturated carbocycles. The quantitative estimate of drug-likeness (QED) is 0.697. The first kappa shape index (κ1) is 18.9. The Kier molecular flexibility index (Phi) is 5.67. The number of halogens is 2. The summed E-state index contributed by atoms with van der Waals surface area (Å²) in [6, 6.07) is 6.43. The van der Waals surface area contributed by atoms with Crippen molar-refractivity contribution < 1.29 is 26.4 Å². The van der Waals surface area contributed by atoms with E-state index in [0.717, 1.165) is 23.9 Å². The molecule has 1 saturated heterocycles. The number of hydrogen-bond acceptors (Lipinski definition) is 5. The van der Waals surface area contributed by atoms with Crippen LogP contribution < -0.4 is 0 Å². The third-order valence-corrected chi connectivity index (χ3v) is 6.86. The third kappa shape index (κ3) is 4.64. The minimum Gasteiger partial charge on any atom is -0.467 e. The topological polar surface area (TPSA) is 67.6 Å². The van der Waals surface area contributed by atoms with Gasteiger partial charge in [-0.15, -0.1) is 11.8 Å². The summed E-state index contributed by atoms with van der Waals surface area (Å²) in [5.74, 6) is -1.68. The Morgan fingerprint density at radius 1 is 1.27 bits per heavy atom. The molecular weight excluding hydrogens is 384 g/mol. The van der Waals surface area contributed by atoms with Crippen molar-refractivity contribution in [1.29, 1.82) is 0 Å². The zero-order valence-corrected chi connectivity index (χ0v) is 15.4. The number of sulfone groups is 1. The summed E-state index contributed by atoms with van der Waals surface area (Å²) in [5.41, 5.74) is 0. The molecule has 5 nitrogen and oxygen atoms in total. The Morgan fingerprint density at radius 2 is 2.08 bits per heavy atom. The van der Waals surface area contributed by atoms with Gasteiger partial charge in [-0.25, -0.2) is 17.2 Å². The molecule has 1 fully saturated rings. The Bertz CT molecular complexity index is 884. The highest BCUT2D eigenvalue weighted by atomic mass is 32.2. The average Bonchev–Trinajstić information content (AvgIpc) is 3.22. The smallest absolute Gasteiger partial charge is 0.233 e. The molecule has 0 bridgehead atoms. The maximum Gasteiger partial charge on any atom is 0.233 e. The van der Waals surface area contributed by atoms with E-state index in [4.69, 9.17) is 4.42 Å². The van der Waals surface area contributed by atoms with Gasteiger partial charge in [-0.05, 0) is 36.8 Å². The van der Waals surface area contributed by atoms with E-state index in [0.29, 0.717) is 17.1 Å². The van der Waals surface area contributed by atoms with E-state index < -0.39 is 27.5 Å². The first-order valence-corrected chi connectivity index (χ1v) is 10.7. The predicted molar refractivity (Wildman–Crippen MR) is 93.4 cm³/mol. The molecule has 9 heteroatoms. The van der Waals surface area contributed by atoms with Gasteiger partial charge in [0.1, 0.15) is 5.76 Å². The lowest BCUT2D eigenvalue weighted by molar-refractivity contribution is -0.131. The monoisotopic (exact) mass is 401 g/mol. The summed E-state index contributed by atoms with van der Waals surface area (Å²) in [7, 11) is -3.15. The van der Waals surface area contributed by atoms with Gasteiger partial charge >= 0.3 is 0 Å². The van der Waals surface area contributed by atoms with E-state index in [1.165, 1.54) is 17.2 Å². The number of amides is 1. The van der Waals surface area contributed by atoms with Crippen molar-refractivity contribution in [3.05, 3.63) is 54.0 Å². The van der Waals surface area contributed by atoms with Crippen molar-refractivity contribution in [3.8, 4) is 0 Å². The molecule has 1 aliphatic rings. The van der Waals surface area contributed by atoms with Gasteiger partial charge in [0.05, 0.1) is 30.1 Å². The van der Waals surface area contributed by atoms with Crippen molar-refractivity contribution in [2.45, 2.75) is 23.9 Å². The molecule has 26 heavy (non-hydrogen) atoms.